The summed E-state index contributed by atoms with van der Waals surface area (Å²) in [4.78, 5) is 29.1. The maximum Gasteiger partial charge on any atom is 0.231 e. The molecule has 2 bridgehead atoms. The minimum Gasteiger partial charge on any atom is -0.497 e. The fourth-order valence-electron chi connectivity index (χ4n) is 5.60. The monoisotopic (exact) mass is 494 g/mol. The van der Waals surface area contributed by atoms with Crippen molar-refractivity contribution < 1.29 is 33.3 Å². The van der Waals surface area contributed by atoms with Gasteiger partial charge in [-0.05, 0) is 24.6 Å². The first-order valence-corrected chi connectivity index (χ1v) is 11.8. The van der Waals surface area contributed by atoms with Crippen molar-refractivity contribution in [2.24, 2.45) is 11.8 Å². The van der Waals surface area contributed by atoms with E-state index < -0.39 is 23.5 Å². The van der Waals surface area contributed by atoms with Crippen LogP contribution in [-0.2, 0) is 14.3 Å². The predicted octanol–water partition coefficient (Wildman–Crippen LogP) is 3.20. The smallest absolute Gasteiger partial charge is 0.231 e. The number of hydrogen-bond donors (Lipinski definition) is 1. The topological polar surface area (TPSA) is 95.6 Å². The third-order valence-electron chi connectivity index (χ3n) is 7.43. The van der Waals surface area contributed by atoms with Crippen LogP contribution in [0.15, 0.2) is 48.6 Å². The molecule has 1 N–H and O–H groups in total. The number of likely N-dealkylation sites (tertiary alicyclic amines) is 1. The van der Waals surface area contributed by atoms with Gasteiger partial charge >= 0.3 is 0 Å². The quantitative estimate of drug-likeness (QED) is 0.563. The molecule has 2 aromatic rings. The van der Waals surface area contributed by atoms with Crippen LogP contribution in [0.5, 0.6) is 23.0 Å². The van der Waals surface area contributed by atoms with Crippen LogP contribution in [0.1, 0.15) is 18.5 Å². The number of anilines is 1. The molecule has 36 heavy (non-hydrogen) atoms. The van der Waals surface area contributed by atoms with Gasteiger partial charge in [0.1, 0.15) is 11.4 Å². The number of amides is 2. The molecule has 0 aromatic heterocycles. The molecule has 5 rings (SSSR count). The van der Waals surface area contributed by atoms with Crippen LogP contribution in [0, 0.1) is 11.8 Å². The van der Waals surface area contributed by atoms with Gasteiger partial charge in [-0.25, -0.2) is 0 Å². The van der Waals surface area contributed by atoms with Crippen molar-refractivity contribution in [3.63, 3.8) is 0 Å². The average molecular weight is 495 g/mol. The van der Waals surface area contributed by atoms with Crippen LogP contribution in [0.2, 0.25) is 0 Å². The molecule has 2 saturated heterocycles. The Hall–Kier alpha value is -3.72. The molecule has 190 valence electrons. The Balaban J connectivity index is 1.39. The maximum absolute atomic E-state index is 13.7. The Morgan fingerprint density at radius 1 is 1.06 bits per heavy atom. The summed E-state index contributed by atoms with van der Waals surface area (Å²) in [6, 6.07) is 10.8. The lowest BCUT2D eigenvalue weighted by Gasteiger charge is -2.28. The van der Waals surface area contributed by atoms with Crippen molar-refractivity contribution in [1.82, 2.24) is 4.90 Å². The van der Waals surface area contributed by atoms with E-state index in [1.807, 2.05) is 43.3 Å². The summed E-state index contributed by atoms with van der Waals surface area (Å²) < 4.78 is 27.7. The zero-order chi connectivity index (χ0) is 25.6. The van der Waals surface area contributed by atoms with E-state index in [1.165, 1.54) is 21.3 Å². The fourth-order valence-corrected chi connectivity index (χ4v) is 5.60. The van der Waals surface area contributed by atoms with E-state index >= 15 is 0 Å². The standard InChI is InChI=1S/C27H30N2O7/c1-15(16-6-8-18(32-2)9-7-16)29-14-27-11-10-19(36-27)22(23(27)26(29)31)25(30)28-17-12-20(33-3)24(35-5)21(13-17)34-4/h6-13,15,19,22-23H,14H2,1-5H3,(H,28,30)/t15-,19+,22-,23+,27+/m0/s1. The molecule has 0 radical (unpaired) electrons. The van der Waals surface area contributed by atoms with Gasteiger partial charge in [0.15, 0.2) is 11.5 Å². The van der Waals surface area contributed by atoms with Gasteiger partial charge in [-0.1, -0.05) is 24.3 Å². The van der Waals surface area contributed by atoms with E-state index in [-0.39, 0.29) is 17.9 Å². The molecule has 9 heteroatoms. The summed E-state index contributed by atoms with van der Waals surface area (Å²) in [6.45, 7) is 2.38. The van der Waals surface area contributed by atoms with Crippen LogP contribution in [0.3, 0.4) is 0 Å². The summed E-state index contributed by atoms with van der Waals surface area (Å²) in [5.74, 6) is 0.381. The second-order valence-electron chi connectivity index (χ2n) is 9.22. The summed E-state index contributed by atoms with van der Waals surface area (Å²) in [6.07, 6.45) is 3.38. The Labute approximate surface area is 209 Å². The van der Waals surface area contributed by atoms with E-state index in [4.69, 9.17) is 23.7 Å². The molecule has 9 nitrogen and oxygen atoms in total. The van der Waals surface area contributed by atoms with Crippen molar-refractivity contribution in [3.05, 3.63) is 54.1 Å². The highest BCUT2D eigenvalue weighted by Gasteiger charge is 2.67. The third kappa shape index (κ3) is 3.65. The highest BCUT2D eigenvalue weighted by Crippen LogP contribution is 2.53. The van der Waals surface area contributed by atoms with Gasteiger partial charge in [0.25, 0.3) is 0 Å². The molecule has 3 heterocycles. The zero-order valence-corrected chi connectivity index (χ0v) is 20.9. The second-order valence-corrected chi connectivity index (χ2v) is 9.22. The molecule has 3 aliphatic rings. The molecular formula is C27H30N2O7. The van der Waals surface area contributed by atoms with Gasteiger partial charge in [-0.15, -0.1) is 0 Å². The number of carbonyl (C=O) groups is 2. The lowest BCUT2D eigenvalue weighted by atomic mass is 9.76. The average Bonchev–Trinajstić information content (AvgIpc) is 3.55. The highest BCUT2D eigenvalue weighted by molar-refractivity contribution is 5.99. The first-order chi connectivity index (χ1) is 17.4. The molecule has 0 aliphatic carbocycles. The summed E-state index contributed by atoms with van der Waals surface area (Å²) in [7, 11) is 6.15. The Morgan fingerprint density at radius 2 is 1.72 bits per heavy atom. The van der Waals surface area contributed by atoms with Gasteiger partial charge < -0.3 is 33.9 Å². The maximum atomic E-state index is 13.7. The highest BCUT2D eigenvalue weighted by atomic mass is 16.5. The van der Waals surface area contributed by atoms with E-state index in [1.54, 1.807) is 24.1 Å². The molecule has 2 aromatic carbocycles. The number of carbonyl (C=O) groups excluding carboxylic acids is 2. The normalized spacial score (nSPS) is 26.5. The van der Waals surface area contributed by atoms with Gasteiger partial charge in [-0.3, -0.25) is 9.59 Å². The van der Waals surface area contributed by atoms with Crippen LogP contribution >= 0.6 is 0 Å². The van der Waals surface area contributed by atoms with Gasteiger partial charge in [0, 0.05) is 17.8 Å². The van der Waals surface area contributed by atoms with Crippen molar-refractivity contribution in [3.8, 4) is 23.0 Å². The van der Waals surface area contributed by atoms with Crippen LogP contribution in [0.4, 0.5) is 5.69 Å². The summed E-state index contributed by atoms with van der Waals surface area (Å²) >= 11 is 0. The van der Waals surface area contributed by atoms with Gasteiger partial charge in [0.2, 0.25) is 17.6 Å². The van der Waals surface area contributed by atoms with Gasteiger partial charge in [0.05, 0.1) is 59.0 Å². The van der Waals surface area contributed by atoms with Crippen molar-refractivity contribution >= 4 is 17.5 Å². The number of methoxy groups -OCH3 is 4. The van der Waals surface area contributed by atoms with E-state index in [9.17, 15) is 9.59 Å². The van der Waals surface area contributed by atoms with Gasteiger partial charge in [-0.2, -0.15) is 0 Å². The Bertz CT molecular complexity index is 1190. The van der Waals surface area contributed by atoms with E-state index in [2.05, 4.69) is 5.32 Å². The van der Waals surface area contributed by atoms with Crippen molar-refractivity contribution in [2.75, 3.05) is 40.3 Å². The van der Waals surface area contributed by atoms with Crippen LogP contribution in [-0.4, -0.2) is 63.4 Å². The first-order valence-electron chi connectivity index (χ1n) is 11.8. The number of nitrogens with one attached hydrogen (secondary N) is 1. The predicted molar refractivity (Wildman–Crippen MR) is 132 cm³/mol. The lowest BCUT2D eigenvalue weighted by Crippen LogP contribution is -2.41. The molecule has 3 aliphatic heterocycles. The molecule has 5 atom stereocenters. The van der Waals surface area contributed by atoms with Crippen molar-refractivity contribution in [2.45, 2.75) is 24.7 Å². The number of hydrogen-bond acceptors (Lipinski definition) is 7. The minimum absolute atomic E-state index is 0.0878. The molecule has 2 amide bonds. The Kier molecular flexibility index (Phi) is 6.04. The number of ether oxygens (including phenoxy) is 5. The minimum atomic E-state index is -0.806. The van der Waals surface area contributed by atoms with Crippen LogP contribution < -0.4 is 24.3 Å². The number of fused-ring (bicyclic) bond motifs is 1. The van der Waals surface area contributed by atoms with E-state index in [0.29, 0.717) is 29.5 Å². The summed E-state index contributed by atoms with van der Waals surface area (Å²) in [5, 5.41) is 2.93. The number of nitrogens with zero attached hydrogens (tertiary/aromatic N) is 1. The third-order valence-corrected chi connectivity index (χ3v) is 7.43. The molecule has 1 spiro atoms. The van der Waals surface area contributed by atoms with Crippen molar-refractivity contribution in [1.29, 1.82) is 0 Å². The molecule has 0 saturated carbocycles. The number of benzene rings is 2. The SMILES string of the molecule is COc1ccc([C@H](C)N2C[C@@]34C=C[C@@H](O3)[C@H](C(=O)Nc3cc(OC)c(OC)c(OC)c3)[C@@H]4C2=O)cc1. The largest absolute Gasteiger partial charge is 0.497 e. The first kappa shape index (κ1) is 24.0. The molecule has 2 fully saturated rings. The number of rotatable bonds is 8. The lowest BCUT2D eigenvalue weighted by molar-refractivity contribution is -0.137. The summed E-state index contributed by atoms with van der Waals surface area (Å²) in [5.41, 5.74) is 0.654. The van der Waals surface area contributed by atoms with E-state index in [0.717, 1.165) is 11.3 Å². The zero-order valence-electron chi connectivity index (χ0n) is 20.9. The Morgan fingerprint density at radius 3 is 2.31 bits per heavy atom. The second kappa shape index (κ2) is 9.05. The molecular weight excluding hydrogens is 464 g/mol. The molecule has 0 unspecified atom stereocenters. The fraction of sp³-hybridized carbons (Fsp3) is 0.407. The van der Waals surface area contributed by atoms with Crippen LogP contribution in [0.25, 0.3) is 0 Å².